The second kappa shape index (κ2) is 4.84. The average Bonchev–Trinajstić information content (AvgIpc) is 2.76. The van der Waals surface area contributed by atoms with Crippen molar-refractivity contribution in [2.45, 2.75) is 5.03 Å². The third-order valence-corrected chi connectivity index (χ3v) is 2.79. The second-order valence-corrected chi connectivity index (χ2v) is 4.04. The predicted octanol–water partition coefficient (Wildman–Crippen LogP) is 3.62. The third kappa shape index (κ3) is 2.50. The van der Waals surface area contributed by atoms with Crippen LogP contribution in [0.25, 0.3) is 11.3 Å². The number of rotatable bonds is 4. The molecule has 76 valence electrons. The van der Waals surface area contributed by atoms with Gasteiger partial charge in [0, 0.05) is 17.4 Å². The van der Waals surface area contributed by atoms with E-state index in [1.54, 1.807) is 11.8 Å². The zero-order valence-electron chi connectivity index (χ0n) is 8.22. The highest BCUT2D eigenvalue weighted by Gasteiger charge is 2.05. The van der Waals surface area contributed by atoms with Crippen LogP contribution in [0.15, 0.2) is 58.6 Å². The number of benzene rings is 1. The molecule has 0 aliphatic heterocycles. The Morgan fingerprint density at radius 2 is 2.13 bits per heavy atom. The molecule has 1 aromatic heterocycles. The van der Waals surface area contributed by atoms with Gasteiger partial charge in [0.05, 0.1) is 0 Å². The first-order valence-corrected chi connectivity index (χ1v) is 5.64. The van der Waals surface area contributed by atoms with Crippen LogP contribution in [-0.4, -0.2) is 10.9 Å². The summed E-state index contributed by atoms with van der Waals surface area (Å²) in [6.45, 7) is 3.66. The van der Waals surface area contributed by atoms with Gasteiger partial charge in [0.2, 0.25) is 0 Å². The maximum absolute atomic E-state index is 5.24. The van der Waals surface area contributed by atoms with E-state index in [0.717, 1.165) is 22.1 Å². The molecule has 0 saturated heterocycles. The third-order valence-electron chi connectivity index (χ3n) is 1.90. The Morgan fingerprint density at radius 1 is 1.33 bits per heavy atom. The quantitative estimate of drug-likeness (QED) is 0.578. The molecule has 0 atom stereocenters. The predicted molar refractivity (Wildman–Crippen MR) is 62.9 cm³/mol. The SMILES string of the molecule is C=CCSc1cc(-c2ccccc2)on1. The molecule has 3 heteroatoms. The van der Waals surface area contributed by atoms with Gasteiger partial charge in [0.25, 0.3) is 0 Å². The van der Waals surface area contributed by atoms with E-state index in [1.807, 2.05) is 42.5 Å². The Bertz CT molecular complexity index is 436. The Balaban J connectivity index is 2.17. The molecule has 0 unspecified atom stereocenters. The van der Waals surface area contributed by atoms with E-state index in [0.29, 0.717) is 0 Å². The van der Waals surface area contributed by atoms with Crippen molar-refractivity contribution >= 4 is 11.8 Å². The molecule has 2 nitrogen and oxygen atoms in total. The Labute approximate surface area is 93.0 Å². The molecule has 0 aliphatic rings. The molecular weight excluding hydrogens is 206 g/mol. The topological polar surface area (TPSA) is 26.0 Å². The average molecular weight is 217 g/mol. The van der Waals surface area contributed by atoms with Crippen molar-refractivity contribution in [3.63, 3.8) is 0 Å². The highest BCUT2D eigenvalue weighted by molar-refractivity contribution is 7.99. The smallest absolute Gasteiger partial charge is 0.168 e. The molecule has 0 bridgehead atoms. The van der Waals surface area contributed by atoms with Crippen LogP contribution in [0.2, 0.25) is 0 Å². The van der Waals surface area contributed by atoms with Crippen LogP contribution >= 0.6 is 11.8 Å². The minimum Gasteiger partial charge on any atom is -0.355 e. The van der Waals surface area contributed by atoms with Crippen LogP contribution in [0, 0.1) is 0 Å². The monoisotopic (exact) mass is 217 g/mol. The summed E-state index contributed by atoms with van der Waals surface area (Å²) in [6.07, 6.45) is 1.85. The molecule has 0 aliphatic carbocycles. The fraction of sp³-hybridized carbons (Fsp3) is 0.0833. The Morgan fingerprint density at radius 3 is 2.87 bits per heavy atom. The number of thioether (sulfide) groups is 1. The maximum Gasteiger partial charge on any atom is 0.168 e. The summed E-state index contributed by atoms with van der Waals surface area (Å²) < 4.78 is 5.24. The molecule has 0 fully saturated rings. The van der Waals surface area contributed by atoms with Crippen LogP contribution in [-0.2, 0) is 0 Å². The molecule has 0 spiro atoms. The summed E-state index contributed by atoms with van der Waals surface area (Å²) >= 11 is 1.61. The van der Waals surface area contributed by atoms with Crippen molar-refractivity contribution in [1.29, 1.82) is 0 Å². The van der Waals surface area contributed by atoms with E-state index in [1.165, 1.54) is 0 Å². The van der Waals surface area contributed by atoms with Crippen molar-refractivity contribution in [3.05, 3.63) is 49.1 Å². The molecule has 0 radical (unpaired) electrons. The molecular formula is C12H11NOS. The first-order valence-electron chi connectivity index (χ1n) is 4.66. The van der Waals surface area contributed by atoms with Crippen molar-refractivity contribution in [1.82, 2.24) is 5.16 Å². The van der Waals surface area contributed by atoms with Crippen molar-refractivity contribution in [3.8, 4) is 11.3 Å². The van der Waals surface area contributed by atoms with Crippen molar-refractivity contribution in [2.24, 2.45) is 0 Å². The van der Waals surface area contributed by atoms with Gasteiger partial charge in [-0.2, -0.15) is 0 Å². The van der Waals surface area contributed by atoms with Gasteiger partial charge in [0.1, 0.15) is 5.03 Å². The largest absolute Gasteiger partial charge is 0.355 e. The van der Waals surface area contributed by atoms with Crippen molar-refractivity contribution in [2.75, 3.05) is 5.75 Å². The minimum absolute atomic E-state index is 0.808. The fourth-order valence-corrected chi connectivity index (χ4v) is 1.78. The minimum atomic E-state index is 0.808. The fourth-order valence-electron chi connectivity index (χ4n) is 1.21. The number of hydrogen-bond donors (Lipinski definition) is 0. The van der Waals surface area contributed by atoms with Gasteiger partial charge < -0.3 is 4.52 Å². The maximum atomic E-state index is 5.24. The van der Waals surface area contributed by atoms with E-state index in [9.17, 15) is 0 Å². The summed E-state index contributed by atoms with van der Waals surface area (Å²) in [5.74, 6) is 1.66. The lowest BCUT2D eigenvalue weighted by atomic mass is 10.2. The standard InChI is InChI=1S/C12H11NOS/c1-2-8-15-12-9-11(14-13-12)10-6-4-3-5-7-10/h2-7,9H,1,8H2. The van der Waals surface area contributed by atoms with E-state index in [4.69, 9.17) is 4.52 Å². The normalized spacial score (nSPS) is 10.1. The Kier molecular flexibility index (Phi) is 3.25. The first-order chi connectivity index (χ1) is 7.40. The van der Waals surface area contributed by atoms with Crippen LogP contribution in [0.5, 0.6) is 0 Å². The number of nitrogens with zero attached hydrogens (tertiary/aromatic N) is 1. The molecule has 0 N–H and O–H groups in total. The van der Waals surface area contributed by atoms with E-state index in [2.05, 4.69) is 11.7 Å². The van der Waals surface area contributed by atoms with Gasteiger partial charge in [-0.3, -0.25) is 0 Å². The highest BCUT2D eigenvalue weighted by atomic mass is 32.2. The second-order valence-electron chi connectivity index (χ2n) is 3.00. The van der Waals surface area contributed by atoms with E-state index in [-0.39, 0.29) is 0 Å². The number of aromatic nitrogens is 1. The zero-order chi connectivity index (χ0) is 10.5. The summed E-state index contributed by atoms with van der Waals surface area (Å²) in [6, 6.07) is 11.9. The lowest BCUT2D eigenvalue weighted by Gasteiger charge is -1.91. The number of hydrogen-bond acceptors (Lipinski definition) is 3. The van der Waals surface area contributed by atoms with Gasteiger partial charge in [0.15, 0.2) is 5.76 Å². The van der Waals surface area contributed by atoms with Crippen molar-refractivity contribution < 1.29 is 4.52 Å². The van der Waals surface area contributed by atoms with Gasteiger partial charge in [-0.15, -0.1) is 6.58 Å². The van der Waals surface area contributed by atoms with Crippen LogP contribution in [0.3, 0.4) is 0 Å². The van der Waals surface area contributed by atoms with E-state index >= 15 is 0 Å². The van der Waals surface area contributed by atoms with Gasteiger partial charge in [-0.05, 0) is 0 Å². The first kappa shape index (κ1) is 10.1. The summed E-state index contributed by atoms with van der Waals surface area (Å²) in [4.78, 5) is 0. The zero-order valence-corrected chi connectivity index (χ0v) is 9.04. The van der Waals surface area contributed by atoms with Gasteiger partial charge in [-0.25, -0.2) is 0 Å². The Hall–Kier alpha value is -1.48. The summed E-state index contributed by atoms with van der Waals surface area (Å²) in [5, 5.41) is 4.87. The lowest BCUT2D eigenvalue weighted by Crippen LogP contribution is -1.71. The lowest BCUT2D eigenvalue weighted by molar-refractivity contribution is 0.415. The summed E-state index contributed by atoms with van der Waals surface area (Å²) in [5.41, 5.74) is 1.05. The van der Waals surface area contributed by atoms with E-state index < -0.39 is 0 Å². The molecule has 2 aromatic rings. The molecule has 0 amide bonds. The molecule has 15 heavy (non-hydrogen) atoms. The molecule has 2 rings (SSSR count). The van der Waals surface area contributed by atoms with Crippen LogP contribution in [0.1, 0.15) is 0 Å². The molecule has 1 heterocycles. The summed E-state index contributed by atoms with van der Waals surface area (Å²) in [7, 11) is 0. The van der Waals surface area contributed by atoms with Gasteiger partial charge >= 0.3 is 0 Å². The van der Waals surface area contributed by atoms with Crippen LogP contribution in [0.4, 0.5) is 0 Å². The highest BCUT2D eigenvalue weighted by Crippen LogP contribution is 2.24. The van der Waals surface area contributed by atoms with Gasteiger partial charge in [-0.1, -0.05) is 53.3 Å². The van der Waals surface area contributed by atoms with Crippen LogP contribution < -0.4 is 0 Å². The molecule has 1 aromatic carbocycles. The molecule has 0 saturated carbocycles.